The average molecular weight is 336 g/mol. The Labute approximate surface area is 144 Å². The Balaban J connectivity index is 1.64. The maximum atomic E-state index is 13.6. The molecule has 0 spiro atoms. The molecule has 3 rings (SSSR count). The molecular weight excluding hydrogens is 306 g/mol. The molecule has 0 aliphatic carbocycles. The molecule has 24 heavy (non-hydrogen) atoms. The van der Waals surface area contributed by atoms with Crippen molar-refractivity contribution in [2.45, 2.75) is 70.5 Å². The van der Waals surface area contributed by atoms with Crippen LogP contribution in [0.1, 0.15) is 57.2 Å². The number of alkyl halides is 2. The van der Waals surface area contributed by atoms with Gasteiger partial charge in [0, 0.05) is 31.1 Å². The fourth-order valence-electron chi connectivity index (χ4n) is 4.15. The molecule has 4 heteroatoms. The van der Waals surface area contributed by atoms with Crippen LogP contribution in [0.15, 0.2) is 24.3 Å². The molecule has 2 nitrogen and oxygen atoms in total. The minimum Gasteiger partial charge on any atom is -0.294 e. The highest BCUT2D eigenvalue weighted by molar-refractivity contribution is 5.28. The Morgan fingerprint density at radius 3 is 2.62 bits per heavy atom. The highest BCUT2D eigenvalue weighted by Crippen LogP contribution is 2.35. The molecule has 2 heterocycles. The summed E-state index contributed by atoms with van der Waals surface area (Å²) >= 11 is 0. The van der Waals surface area contributed by atoms with Gasteiger partial charge in [-0.1, -0.05) is 24.3 Å². The van der Waals surface area contributed by atoms with Gasteiger partial charge in [-0.25, -0.2) is 8.78 Å². The monoisotopic (exact) mass is 336 g/mol. The SMILES string of the molecule is CC(Cc1cccc(C2CCN2C(C)C)c1)N1CCCC(F)(F)C1. The van der Waals surface area contributed by atoms with Crippen LogP contribution < -0.4 is 0 Å². The highest BCUT2D eigenvalue weighted by Gasteiger charge is 2.36. The quantitative estimate of drug-likeness (QED) is 0.781. The van der Waals surface area contributed by atoms with Crippen LogP contribution in [0.5, 0.6) is 0 Å². The van der Waals surface area contributed by atoms with Gasteiger partial charge in [0.15, 0.2) is 0 Å². The van der Waals surface area contributed by atoms with E-state index >= 15 is 0 Å². The van der Waals surface area contributed by atoms with Crippen LogP contribution in [-0.4, -0.2) is 47.4 Å². The Bertz CT molecular complexity index is 558. The molecule has 1 aromatic rings. The lowest BCUT2D eigenvalue weighted by Gasteiger charge is -2.44. The van der Waals surface area contributed by atoms with Crippen LogP contribution in [0, 0.1) is 0 Å². The smallest absolute Gasteiger partial charge is 0.260 e. The van der Waals surface area contributed by atoms with Crippen molar-refractivity contribution in [1.82, 2.24) is 9.80 Å². The first-order valence-electron chi connectivity index (χ1n) is 9.32. The molecule has 0 saturated carbocycles. The van der Waals surface area contributed by atoms with E-state index in [9.17, 15) is 8.78 Å². The second kappa shape index (κ2) is 7.09. The summed E-state index contributed by atoms with van der Waals surface area (Å²) < 4.78 is 27.3. The van der Waals surface area contributed by atoms with Gasteiger partial charge in [0.1, 0.15) is 0 Å². The zero-order valence-corrected chi connectivity index (χ0v) is 15.1. The third-order valence-corrected chi connectivity index (χ3v) is 5.64. The number of rotatable bonds is 5. The lowest BCUT2D eigenvalue weighted by atomic mass is 9.91. The van der Waals surface area contributed by atoms with Gasteiger partial charge < -0.3 is 0 Å². The topological polar surface area (TPSA) is 6.48 Å². The zero-order valence-electron chi connectivity index (χ0n) is 15.1. The molecule has 2 aliphatic heterocycles. The normalized spacial score (nSPS) is 26.3. The van der Waals surface area contributed by atoms with E-state index in [4.69, 9.17) is 0 Å². The summed E-state index contributed by atoms with van der Waals surface area (Å²) in [6, 6.07) is 10.0. The van der Waals surface area contributed by atoms with Crippen LogP contribution >= 0.6 is 0 Å². The van der Waals surface area contributed by atoms with Gasteiger partial charge in [-0.3, -0.25) is 9.80 Å². The first kappa shape index (κ1) is 17.8. The van der Waals surface area contributed by atoms with Crippen molar-refractivity contribution >= 4 is 0 Å². The van der Waals surface area contributed by atoms with Gasteiger partial charge in [-0.05, 0) is 57.7 Å². The number of halogens is 2. The van der Waals surface area contributed by atoms with Gasteiger partial charge in [0.25, 0.3) is 5.92 Å². The van der Waals surface area contributed by atoms with E-state index in [1.54, 1.807) is 0 Å². The van der Waals surface area contributed by atoms with Crippen molar-refractivity contribution < 1.29 is 8.78 Å². The molecule has 2 unspecified atom stereocenters. The van der Waals surface area contributed by atoms with E-state index in [0.29, 0.717) is 18.5 Å². The summed E-state index contributed by atoms with van der Waals surface area (Å²) in [6.45, 7) is 8.45. The van der Waals surface area contributed by atoms with Crippen LogP contribution in [0.4, 0.5) is 8.78 Å². The maximum absolute atomic E-state index is 13.6. The largest absolute Gasteiger partial charge is 0.294 e. The zero-order chi connectivity index (χ0) is 17.3. The molecule has 0 aromatic heterocycles. The van der Waals surface area contributed by atoms with Gasteiger partial charge in [0.2, 0.25) is 0 Å². The number of hydrogen-bond acceptors (Lipinski definition) is 2. The number of nitrogens with zero attached hydrogens (tertiary/aromatic N) is 2. The molecular formula is C20H30F2N2. The molecule has 134 valence electrons. The van der Waals surface area contributed by atoms with Crippen molar-refractivity contribution in [3.63, 3.8) is 0 Å². The molecule has 2 aliphatic rings. The number of hydrogen-bond donors (Lipinski definition) is 0. The lowest BCUT2D eigenvalue weighted by molar-refractivity contribution is -0.0731. The van der Waals surface area contributed by atoms with Crippen LogP contribution in [0.3, 0.4) is 0 Å². The predicted molar refractivity (Wildman–Crippen MR) is 94.6 cm³/mol. The van der Waals surface area contributed by atoms with Crippen LogP contribution in [0.2, 0.25) is 0 Å². The fourth-order valence-corrected chi connectivity index (χ4v) is 4.15. The number of benzene rings is 1. The average Bonchev–Trinajstić information content (AvgIpc) is 2.44. The second-order valence-electron chi connectivity index (χ2n) is 7.86. The first-order valence-corrected chi connectivity index (χ1v) is 9.32. The van der Waals surface area contributed by atoms with E-state index in [2.05, 4.69) is 49.9 Å². The standard InChI is InChI=1S/C20H30F2N2/c1-15(2)24-11-8-19(24)18-7-4-6-17(13-18)12-16(3)23-10-5-9-20(21,22)14-23/h4,6-7,13,15-16,19H,5,8-12,14H2,1-3H3. The third kappa shape index (κ3) is 3.97. The molecule has 0 radical (unpaired) electrons. The van der Waals surface area contributed by atoms with Crippen molar-refractivity contribution in [3.8, 4) is 0 Å². The molecule has 2 fully saturated rings. The van der Waals surface area contributed by atoms with Crippen molar-refractivity contribution in [2.24, 2.45) is 0 Å². The van der Waals surface area contributed by atoms with Gasteiger partial charge in [-0.15, -0.1) is 0 Å². The minimum atomic E-state index is -2.52. The minimum absolute atomic E-state index is 0.0401. The fraction of sp³-hybridized carbons (Fsp3) is 0.700. The Morgan fingerprint density at radius 2 is 2.00 bits per heavy atom. The first-order chi connectivity index (χ1) is 11.4. The molecule has 0 N–H and O–H groups in total. The second-order valence-corrected chi connectivity index (χ2v) is 7.86. The molecule has 0 amide bonds. The third-order valence-electron chi connectivity index (χ3n) is 5.64. The van der Waals surface area contributed by atoms with Crippen LogP contribution in [0.25, 0.3) is 0 Å². The predicted octanol–water partition coefficient (Wildman–Crippen LogP) is 4.50. The Kier molecular flexibility index (Phi) is 5.26. The van der Waals surface area contributed by atoms with E-state index < -0.39 is 5.92 Å². The summed E-state index contributed by atoms with van der Waals surface area (Å²) in [6.07, 6.45) is 2.70. The van der Waals surface area contributed by atoms with Crippen LogP contribution in [-0.2, 0) is 6.42 Å². The van der Waals surface area contributed by atoms with E-state index in [-0.39, 0.29) is 19.0 Å². The van der Waals surface area contributed by atoms with Gasteiger partial charge in [-0.2, -0.15) is 0 Å². The van der Waals surface area contributed by atoms with E-state index in [1.807, 2.05) is 4.90 Å². The van der Waals surface area contributed by atoms with E-state index in [1.165, 1.54) is 24.1 Å². The van der Waals surface area contributed by atoms with Gasteiger partial charge in [0.05, 0.1) is 6.54 Å². The number of piperidine rings is 1. The molecule has 2 atom stereocenters. The van der Waals surface area contributed by atoms with Crippen molar-refractivity contribution in [1.29, 1.82) is 0 Å². The van der Waals surface area contributed by atoms with Gasteiger partial charge >= 0.3 is 0 Å². The molecule has 1 aromatic carbocycles. The lowest BCUT2D eigenvalue weighted by Crippen LogP contribution is -2.47. The Hall–Kier alpha value is -1.00. The summed E-state index contributed by atoms with van der Waals surface area (Å²) in [5.74, 6) is -2.52. The van der Waals surface area contributed by atoms with Crippen molar-refractivity contribution in [3.05, 3.63) is 35.4 Å². The summed E-state index contributed by atoms with van der Waals surface area (Å²) in [7, 11) is 0. The van der Waals surface area contributed by atoms with E-state index in [0.717, 1.165) is 13.0 Å². The van der Waals surface area contributed by atoms with Crippen molar-refractivity contribution in [2.75, 3.05) is 19.6 Å². The summed E-state index contributed by atoms with van der Waals surface area (Å²) in [4.78, 5) is 4.48. The molecule has 0 bridgehead atoms. The summed E-state index contributed by atoms with van der Waals surface area (Å²) in [5.41, 5.74) is 2.65. The Morgan fingerprint density at radius 1 is 1.21 bits per heavy atom. The number of likely N-dealkylation sites (tertiary alicyclic amines) is 2. The summed E-state index contributed by atoms with van der Waals surface area (Å²) in [5, 5.41) is 0. The highest BCUT2D eigenvalue weighted by atomic mass is 19.3. The maximum Gasteiger partial charge on any atom is 0.260 e. The molecule has 2 saturated heterocycles.